The van der Waals surface area contributed by atoms with Crippen LogP contribution < -0.4 is 5.32 Å². The van der Waals surface area contributed by atoms with Crippen LogP contribution in [0.15, 0.2) is 46.4 Å². The average molecular weight is 431 g/mol. The largest absolute Gasteiger partial charge is 0.507 e. The Bertz CT molecular complexity index is 1130. The third-order valence-corrected chi connectivity index (χ3v) is 5.95. The van der Waals surface area contributed by atoms with E-state index in [4.69, 9.17) is 0 Å². The molecule has 0 unspecified atom stereocenters. The number of hydrogen-bond acceptors (Lipinski definition) is 4. The molecule has 6 heteroatoms. The maximum atomic E-state index is 14.6. The van der Waals surface area contributed by atoms with E-state index in [9.17, 15) is 9.50 Å². The van der Waals surface area contributed by atoms with Crippen molar-refractivity contribution in [3.05, 3.63) is 57.8 Å². The van der Waals surface area contributed by atoms with Crippen LogP contribution in [-0.4, -0.2) is 23.7 Å². The van der Waals surface area contributed by atoms with Gasteiger partial charge in [-0.05, 0) is 70.6 Å². The van der Waals surface area contributed by atoms with Crippen molar-refractivity contribution in [3.63, 3.8) is 0 Å². The van der Waals surface area contributed by atoms with E-state index < -0.39 is 0 Å². The molecule has 2 aromatic heterocycles. The normalized spacial score (nSPS) is 11.5. The number of fused-ring (bicyclic) bond motifs is 3. The molecule has 4 rings (SSSR count). The van der Waals surface area contributed by atoms with E-state index in [1.165, 1.54) is 6.07 Å². The van der Waals surface area contributed by atoms with Gasteiger partial charge in [-0.2, -0.15) is 0 Å². The summed E-state index contributed by atoms with van der Waals surface area (Å²) in [5.41, 5.74) is 2.66. The monoisotopic (exact) mass is 430 g/mol. The SMILES string of the molecule is CNCCc1ccc(-c2c(O)cc(Br)c3ncc4sccc4c23)cc1F. The van der Waals surface area contributed by atoms with Gasteiger partial charge in [0.1, 0.15) is 11.6 Å². The van der Waals surface area contributed by atoms with Crippen LogP contribution in [0.4, 0.5) is 4.39 Å². The van der Waals surface area contributed by atoms with Crippen LogP contribution in [0.1, 0.15) is 5.56 Å². The number of aromatic hydroxyl groups is 1. The van der Waals surface area contributed by atoms with Gasteiger partial charge in [0.05, 0.1) is 10.2 Å². The molecule has 0 saturated carbocycles. The predicted molar refractivity (Wildman–Crippen MR) is 110 cm³/mol. The minimum atomic E-state index is -0.265. The minimum absolute atomic E-state index is 0.104. The molecular formula is C20H16BrFN2OS. The molecule has 2 N–H and O–H groups in total. The number of benzene rings is 2. The Hall–Kier alpha value is -2.02. The first kappa shape index (κ1) is 17.4. The second-order valence-electron chi connectivity index (χ2n) is 6.09. The van der Waals surface area contributed by atoms with Gasteiger partial charge in [-0.15, -0.1) is 11.3 Å². The number of phenolic OH excluding ortho intramolecular Hbond substituents is 1. The molecule has 2 aromatic carbocycles. The third kappa shape index (κ3) is 2.88. The Morgan fingerprint density at radius 2 is 2.12 bits per heavy atom. The van der Waals surface area contributed by atoms with E-state index in [0.29, 0.717) is 34.1 Å². The molecule has 132 valence electrons. The molecular weight excluding hydrogens is 415 g/mol. The van der Waals surface area contributed by atoms with Gasteiger partial charge in [0.15, 0.2) is 0 Å². The van der Waals surface area contributed by atoms with Gasteiger partial charge in [0, 0.05) is 27.0 Å². The smallest absolute Gasteiger partial charge is 0.127 e. The lowest BCUT2D eigenvalue weighted by molar-refractivity contribution is 0.477. The summed E-state index contributed by atoms with van der Waals surface area (Å²) in [6.07, 6.45) is 2.45. The van der Waals surface area contributed by atoms with Crippen LogP contribution >= 0.6 is 27.3 Å². The maximum Gasteiger partial charge on any atom is 0.127 e. The number of rotatable bonds is 4. The number of thiophene rings is 1. The quantitative estimate of drug-likeness (QED) is 0.450. The average Bonchev–Trinajstić information content (AvgIpc) is 3.10. The summed E-state index contributed by atoms with van der Waals surface area (Å²) in [6, 6.07) is 8.78. The fraction of sp³-hybridized carbons (Fsp3) is 0.150. The lowest BCUT2D eigenvalue weighted by atomic mass is 9.96. The van der Waals surface area contributed by atoms with E-state index in [1.54, 1.807) is 23.5 Å². The Morgan fingerprint density at radius 3 is 2.88 bits per heavy atom. The molecule has 0 fully saturated rings. The van der Waals surface area contributed by atoms with E-state index >= 15 is 0 Å². The topological polar surface area (TPSA) is 45.1 Å². The number of phenols is 1. The third-order valence-electron chi connectivity index (χ3n) is 4.49. The molecule has 0 aliphatic rings. The van der Waals surface area contributed by atoms with Crippen LogP contribution in [-0.2, 0) is 6.42 Å². The van der Waals surface area contributed by atoms with Crippen molar-refractivity contribution in [2.24, 2.45) is 0 Å². The summed E-state index contributed by atoms with van der Waals surface area (Å²) in [5.74, 6) is -0.161. The summed E-state index contributed by atoms with van der Waals surface area (Å²) in [6.45, 7) is 0.710. The lowest BCUT2D eigenvalue weighted by Crippen LogP contribution is -2.11. The minimum Gasteiger partial charge on any atom is -0.507 e. The fourth-order valence-electron chi connectivity index (χ4n) is 3.22. The fourth-order valence-corrected chi connectivity index (χ4v) is 4.50. The van der Waals surface area contributed by atoms with Crippen LogP contribution in [0.25, 0.3) is 32.1 Å². The first-order chi connectivity index (χ1) is 12.6. The number of halogens is 2. The molecule has 0 atom stereocenters. The molecule has 0 radical (unpaired) electrons. The van der Waals surface area contributed by atoms with Gasteiger partial charge in [-0.25, -0.2) is 4.39 Å². The van der Waals surface area contributed by atoms with Crippen LogP contribution in [0.2, 0.25) is 0 Å². The highest BCUT2D eigenvalue weighted by Gasteiger charge is 2.18. The van der Waals surface area contributed by atoms with Crippen LogP contribution in [0.3, 0.4) is 0 Å². The van der Waals surface area contributed by atoms with Gasteiger partial charge in [-0.1, -0.05) is 12.1 Å². The Morgan fingerprint density at radius 1 is 1.27 bits per heavy atom. The number of hydrogen-bond donors (Lipinski definition) is 2. The van der Waals surface area contributed by atoms with Crippen molar-refractivity contribution in [1.82, 2.24) is 10.3 Å². The molecule has 2 heterocycles. The number of likely N-dealkylation sites (N-methyl/N-ethyl adjacent to an activating group) is 1. The molecule has 0 aliphatic carbocycles. The lowest BCUT2D eigenvalue weighted by Gasteiger charge is -2.13. The highest BCUT2D eigenvalue weighted by molar-refractivity contribution is 9.10. The van der Waals surface area contributed by atoms with Crippen LogP contribution in [0, 0.1) is 5.82 Å². The Balaban J connectivity index is 1.99. The number of pyridine rings is 1. The first-order valence-electron chi connectivity index (χ1n) is 8.21. The summed E-state index contributed by atoms with van der Waals surface area (Å²) in [7, 11) is 1.84. The number of aromatic nitrogens is 1. The van der Waals surface area contributed by atoms with Crippen molar-refractivity contribution >= 4 is 48.3 Å². The molecule has 0 aliphatic heterocycles. The number of nitrogens with zero attached hydrogens (tertiary/aromatic N) is 1. The molecule has 4 aromatic rings. The van der Waals surface area contributed by atoms with Gasteiger partial charge < -0.3 is 10.4 Å². The van der Waals surface area contributed by atoms with Gasteiger partial charge in [0.25, 0.3) is 0 Å². The van der Waals surface area contributed by atoms with Crippen molar-refractivity contribution in [3.8, 4) is 16.9 Å². The predicted octanol–water partition coefficient (Wildman–Crippen LogP) is 5.49. The van der Waals surface area contributed by atoms with E-state index in [1.807, 2.05) is 30.8 Å². The summed E-state index contributed by atoms with van der Waals surface area (Å²) in [5, 5.41) is 17.5. The highest BCUT2D eigenvalue weighted by atomic mass is 79.9. The Labute approximate surface area is 162 Å². The van der Waals surface area contributed by atoms with Gasteiger partial charge in [-0.3, -0.25) is 4.98 Å². The summed E-state index contributed by atoms with van der Waals surface area (Å²) >= 11 is 5.07. The second kappa shape index (κ2) is 6.95. The molecule has 0 saturated heterocycles. The second-order valence-corrected chi connectivity index (χ2v) is 7.89. The van der Waals surface area contributed by atoms with E-state index in [2.05, 4.69) is 26.2 Å². The van der Waals surface area contributed by atoms with Crippen molar-refractivity contribution in [1.29, 1.82) is 0 Å². The van der Waals surface area contributed by atoms with Gasteiger partial charge in [0.2, 0.25) is 0 Å². The summed E-state index contributed by atoms with van der Waals surface area (Å²) in [4.78, 5) is 4.54. The summed E-state index contributed by atoms with van der Waals surface area (Å²) < 4.78 is 16.3. The van der Waals surface area contributed by atoms with Crippen molar-refractivity contribution in [2.45, 2.75) is 6.42 Å². The van der Waals surface area contributed by atoms with Crippen LogP contribution in [0.5, 0.6) is 5.75 Å². The zero-order valence-electron chi connectivity index (χ0n) is 14.0. The number of nitrogens with one attached hydrogen (secondary N) is 1. The molecule has 0 spiro atoms. The molecule has 0 amide bonds. The van der Waals surface area contributed by atoms with Crippen molar-refractivity contribution < 1.29 is 9.50 Å². The van der Waals surface area contributed by atoms with Crippen molar-refractivity contribution in [2.75, 3.05) is 13.6 Å². The molecule has 0 bridgehead atoms. The highest BCUT2D eigenvalue weighted by Crippen LogP contribution is 2.43. The Kier molecular flexibility index (Phi) is 4.65. The van der Waals surface area contributed by atoms with E-state index in [0.717, 1.165) is 21.0 Å². The van der Waals surface area contributed by atoms with Gasteiger partial charge >= 0.3 is 0 Å². The molecule has 26 heavy (non-hydrogen) atoms. The maximum absolute atomic E-state index is 14.6. The van der Waals surface area contributed by atoms with E-state index in [-0.39, 0.29) is 11.6 Å². The zero-order chi connectivity index (χ0) is 18.3. The standard InChI is InChI=1S/C20H16BrFN2OS/c1-23-6-4-11-2-3-12(8-15(11)22)18-16(25)9-14(21)20-19(18)13-5-7-26-17(13)10-24-20/h2-3,5,7-10,23,25H,4,6H2,1H3. The molecule has 3 nitrogen and oxygen atoms in total. The zero-order valence-corrected chi connectivity index (χ0v) is 16.4. The first-order valence-corrected chi connectivity index (χ1v) is 9.88.